The molecule has 0 aliphatic heterocycles. The molecule has 2 atom stereocenters. The fraction of sp³-hybridized carbons (Fsp3) is 0.667. The summed E-state index contributed by atoms with van der Waals surface area (Å²) < 4.78 is 10.7. The van der Waals surface area contributed by atoms with E-state index >= 15 is 0 Å². The van der Waals surface area contributed by atoms with E-state index in [1.54, 1.807) is 0 Å². The van der Waals surface area contributed by atoms with Gasteiger partial charge in [0.1, 0.15) is 0 Å². The minimum absolute atomic E-state index is 0.00580. The van der Waals surface area contributed by atoms with Gasteiger partial charge in [0.25, 0.3) is 0 Å². The molecule has 0 saturated heterocycles. The Balaban J connectivity index is 2.19. The minimum atomic E-state index is -0.360. The predicted molar refractivity (Wildman–Crippen MR) is 84.0 cm³/mol. The molecule has 0 aromatic heterocycles. The molecule has 4 nitrogen and oxygen atoms in total. The molecule has 4 heteroatoms. The van der Waals surface area contributed by atoms with Crippen molar-refractivity contribution in [3.05, 3.63) is 22.8 Å². The number of ether oxygens (including phenoxy) is 2. The van der Waals surface area contributed by atoms with Crippen LogP contribution in [0.25, 0.3) is 0 Å². The fourth-order valence-corrected chi connectivity index (χ4v) is 3.03. The summed E-state index contributed by atoms with van der Waals surface area (Å²) >= 11 is 0. The molecular weight excluding hydrogens is 280 g/mol. The number of hydrogen-bond donors (Lipinski definition) is 0. The highest BCUT2D eigenvalue weighted by atomic mass is 16.5. The molecule has 0 spiro atoms. The lowest BCUT2D eigenvalue weighted by atomic mass is 9.92. The van der Waals surface area contributed by atoms with Crippen molar-refractivity contribution >= 4 is 11.9 Å². The molecule has 0 aromatic rings. The van der Waals surface area contributed by atoms with Crippen LogP contribution >= 0.6 is 0 Å². The van der Waals surface area contributed by atoms with Crippen molar-refractivity contribution in [2.45, 2.75) is 41.0 Å². The molecule has 2 aliphatic rings. The first-order chi connectivity index (χ1) is 10.3. The van der Waals surface area contributed by atoms with Gasteiger partial charge in [-0.1, -0.05) is 39.3 Å². The maximum Gasteiger partial charge on any atom is 0.335 e. The molecule has 0 amide bonds. The Kier molecular flexibility index (Phi) is 5.09. The monoisotopic (exact) mass is 306 g/mol. The lowest BCUT2D eigenvalue weighted by Gasteiger charge is -2.18. The lowest BCUT2D eigenvalue weighted by molar-refractivity contribution is -0.143. The number of hydrogen-bond acceptors (Lipinski definition) is 4. The summed E-state index contributed by atoms with van der Waals surface area (Å²) in [6.45, 7) is 10.7. The van der Waals surface area contributed by atoms with Gasteiger partial charge in [0.05, 0.1) is 24.4 Å². The van der Waals surface area contributed by atoms with E-state index < -0.39 is 0 Å². The molecule has 0 aromatic carbocycles. The Bertz CT molecular complexity index is 525. The number of rotatable bonds is 6. The molecule has 0 saturated carbocycles. The molecule has 2 unspecified atom stereocenters. The minimum Gasteiger partial charge on any atom is -0.462 e. The summed E-state index contributed by atoms with van der Waals surface area (Å²) in [5, 5.41) is 0. The first-order valence-corrected chi connectivity index (χ1v) is 8.07. The molecule has 122 valence electrons. The van der Waals surface area contributed by atoms with E-state index in [1.807, 2.05) is 34.6 Å². The van der Waals surface area contributed by atoms with Crippen LogP contribution in [0.3, 0.4) is 0 Å². The Morgan fingerprint density at radius 3 is 2.05 bits per heavy atom. The zero-order valence-electron chi connectivity index (χ0n) is 14.1. The van der Waals surface area contributed by atoms with Crippen molar-refractivity contribution in [2.75, 3.05) is 13.2 Å². The van der Waals surface area contributed by atoms with Crippen LogP contribution in [-0.2, 0) is 19.1 Å². The Morgan fingerprint density at radius 1 is 1.05 bits per heavy atom. The zero-order chi connectivity index (χ0) is 16.4. The third-order valence-electron chi connectivity index (χ3n) is 4.05. The van der Waals surface area contributed by atoms with Gasteiger partial charge >= 0.3 is 11.9 Å². The first-order valence-electron chi connectivity index (χ1n) is 8.07. The number of carbonyl (C=O) groups is 2. The van der Waals surface area contributed by atoms with Gasteiger partial charge in [-0.2, -0.15) is 0 Å². The normalized spacial score (nSPS) is 23.3. The van der Waals surface area contributed by atoms with Gasteiger partial charge in [0.2, 0.25) is 0 Å². The molecule has 2 aliphatic carbocycles. The second-order valence-corrected chi connectivity index (χ2v) is 7.12. The van der Waals surface area contributed by atoms with Gasteiger partial charge < -0.3 is 9.47 Å². The van der Waals surface area contributed by atoms with Gasteiger partial charge in [-0.15, -0.1) is 0 Å². The molecule has 0 heterocycles. The Morgan fingerprint density at radius 2 is 1.55 bits per heavy atom. The Labute approximate surface area is 132 Å². The van der Waals surface area contributed by atoms with Crippen molar-refractivity contribution < 1.29 is 19.1 Å². The smallest absolute Gasteiger partial charge is 0.335 e. The van der Waals surface area contributed by atoms with E-state index in [0.717, 1.165) is 12.0 Å². The topological polar surface area (TPSA) is 52.6 Å². The molecule has 2 rings (SSSR count). The van der Waals surface area contributed by atoms with Gasteiger partial charge in [0, 0.05) is 11.8 Å². The van der Waals surface area contributed by atoms with Crippen LogP contribution < -0.4 is 0 Å². The average Bonchev–Trinajstić information content (AvgIpc) is 2.98. The van der Waals surface area contributed by atoms with Crippen molar-refractivity contribution in [1.82, 2.24) is 0 Å². The lowest BCUT2D eigenvalue weighted by Crippen LogP contribution is -2.22. The van der Waals surface area contributed by atoms with Crippen LogP contribution in [0.4, 0.5) is 0 Å². The summed E-state index contributed by atoms with van der Waals surface area (Å²) in [5.41, 5.74) is 2.20. The molecule has 0 fully saturated rings. The Hall–Kier alpha value is -1.58. The summed E-state index contributed by atoms with van der Waals surface area (Å²) in [6.07, 6.45) is 2.87. The largest absolute Gasteiger partial charge is 0.462 e. The van der Waals surface area contributed by atoms with E-state index in [0.29, 0.717) is 24.4 Å². The van der Waals surface area contributed by atoms with Crippen LogP contribution in [0, 0.1) is 23.7 Å². The highest BCUT2D eigenvalue weighted by molar-refractivity contribution is 6.03. The number of esters is 2. The third kappa shape index (κ3) is 3.42. The van der Waals surface area contributed by atoms with Crippen LogP contribution in [-0.4, -0.2) is 25.2 Å². The van der Waals surface area contributed by atoms with Crippen LogP contribution in [0.5, 0.6) is 0 Å². The zero-order valence-corrected chi connectivity index (χ0v) is 14.1. The predicted octanol–water partition coefficient (Wildman–Crippen LogP) is 3.28. The molecule has 0 radical (unpaired) electrons. The SMILES string of the molecule is CC1=CC2CC1C(C(=O)OCC(C)C)=C2C(=O)OCC(C)C. The first kappa shape index (κ1) is 16.8. The second-order valence-electron chi connectivity index (χ2n) is 7.12. The van der Waals surface area contributed by atoms with E-state index in [4.69, 9.17) is 9.47 Å². The summed E-state index contributed by atoms with van der Waals surface area (Å²) in [6, 6.07) is 0. The molecule has 0 N–H and O–H groups in total. The van der Waals surface area contributed by atoms with Crippen molar-refractivity contribution in [2.24, 2.45) is 23.7 Å². The maximum absolute atomic E-state index is 12.4. The van der Waals surface area contributed by atoms with Crippen LogP contribution in [0.1, 0.15) is 41.0 Å². The summed E-state index contributed by atoms with van der Waals surface area (Å²) in [5.74, 6) is -0.142. The summed E-state index contributed by atoms with van der Waals surface area (Å²) in [4.78, 5) is 24.8. The van der Waals surface area contributed by atoms with Crippen molar-refractivity contribution in [3.63, 3.8) is 0 Å². The highest BCUT2D eigenvalue weighted by Gasteiger charge is 2.45. The third-order valence-corrected chi connectivity index (χ3v) is 4.05. The second kappa shape index (κ2) is 6.67. The van der Waals surface area contributed by atoms with E-state index in [-0.39, 0.29) is 35.6 Å². The summed E-state index contributed by atoms with van der Waals surface area (Å²) in [7, 11) is 0. The van der Waals surface area contributed by atoms with Crippen LogP contribution in [0.15, 0.2) is 22.8 Å². The standard InChI is InChI=1S/C18H26O4/c1-10(2)8-21-17(19)15-13-6-12(5)14(7-13)16(15)18(20)22-9-11(3)4/h6,10-11,13-14H,7-9H2,1-5H3. The van der Waals surface area contributed by atoms with Gasteiger partial charge in [0.15, 0.2) is 0 Å². The maximum atomic E-state index is 12.4. The van der Waals surface area contributed by atoms with Crippen LogP contribution in [0.2, 0.25) is 0 Å². The van der Waals surface area contributed by atoms with E-state index in [2.05, 4.69) is 6.08 Å². The van der Waals surface area contributed by atoms with E-state index in [1.165, 1.54) is 0 Å². The molecule has 2 bridgehead atoms. The quantitative estimate of drug-likeness (QED) is 0.558. The van der Waals surface area contributed by atoms with Gasteiger partial charge in [-0.3, -0.25) is 0 Å². The average molecular weight is 306 g/mol. The highest BCUT2D eigenvalue weighted by Crippen LogP contribution is 2.48. The number of carbonyl (C=O) groups excluding carboxylic acids is 2. The molecule has 22 heavy (non-hydrogen) atoms. The van der Waals surface area contributed by atoms with Crippen molar-refractivity contribution in [3.8, 4) is 0 Å². The van der Waals surface area contributed by atoms with Gasteiger partial charge in [-0.25, -0.2) is 9.59 Å². The van der Waals surface area contributed by atoms with Crippen molar-refractivity contribution in [1.29, 1.82) is 0 Å². The number of allylic oxidation sites excluding steroid dienone is 2. The van der Waals surface area contributed by atoms with E-state index in [9.17, 15) is 9.59 Å². The fourth-order valence-electron chi connectivity index (χ4n) is 3.03. The van der Waals surface area contributed by atoms with Gasteiger partial charge in [-0.05, 0) is 25.2 Å². The molecular formula is C18H26O4. The number of fused-ring (bicyclic) bond motifs is 2.